The van der Waals surface area contributed by atoms with Crippen LogP contribution < -0.4 is 5.32 Å². The van der Waals surface area contributed by atoms with E-state index in [2.05, 4.69) is 40.3 Å². The normalized spacial score (nSPS) is 15.5. The molecule has 3 rings (SSSR count). The largest absolute Gasteiger partial charge is 0.326 e. The molecule has 2 nitrogen and oxygen atoms in total. The van der Waals surface area contributed by atoms with E-state index < -0.39 is 0 Å². The van der Waals surface area contributed by atoms with Crippen LogP contribution in [0.4, 0.5) is 5.69 Å². The number of rotatable bonds is 3. The van der Waals surface area contributed by atoms with Gasteiger partial charge in [-0.15, -0.1) is 0 Å². The average molecular weight is 344 g/mol. The molecule has 108 valence electrons. The summed E-state index contributed by atoms with van der Waals surface area (Å²) < 4.78 is 0. The van der Waals surface area contributed by atoms with E-state index in [1.807, 2.05) is 36.4 Å². The zero-order valence-corrected chi connectivity index (χ0v) is 13.6. The predicted octanol–water partition coefficient (Wildman–Crippen LogP) is 4.50. The molecule has 1 amide bonds. The molecular formula is C18H18BrNO. The number of benzene rings is 2. The van der Waals surface area contributed by atoms with Crippen LogP contribution in [0.2, 0.25) is 0 Å². The second-order valence-electron chi connectivity index (χ2n) is 5.57. The Bertz CT molecular complexity index is 641. The number of para-hydroxylation sites is 1. The molecular weight excluding hydrogens is 326 g/mol. The monoisotopic (exact) mass is 343 g/mol. The number of carbonyl (C=O) groups excluding carboxylic acids is 1. The number of anilines is 1. The summed E-state index contributed by atoms with van der Waals surface area (Å²) in [6.45, 7) is 2.07. The van der Waals surface area contributed by atoms with Gasteiger partial charge in [0.2, 0.25) is 5.91 Å². The summed E-state index contributed by atoms with van der Waals surface area (Å²) in [7, 11) is 0. The summed E-state index contributed by atoms with van der Waals surface area (Å²) in [4.78, 5) is 12.7. The van der Waals surface area contributed by atoms with E-state index in [1.54, 1.807) is 0 Å². The van der Waals surface area contributed by atoms with Crippen molar-refractivity contribution >= 4 is 27.5 Å². The Morgan fingerprint density at radius 2 is 1.67 bits per heavy atom. The SMILES string of the molecule is CC(Br)c1ccccc1NC(=O)C1Cc2ccccc2C1. The van der Waals surface area contributed by atoms with Gasteiger partial charge in [-0.2, -0.15) is 0 Å². The molecule has 0 bridgehead atoms. The van der Waals surface area contributed by atoms with Crippen molar-refractivity contribution in [1.82, 2.24) is 0 Å². The summed E-state index contributed by atoms with van der Waals surface area (Å²) in [6, 6.07) is 16.3. The highest BCUT2D eigenvalue weighted by atomic mass is 79.9. The summed E-state index contributed by atoms with van der Waals surface area (Å²) in [5, 5.41) is 3.10. The lowest BCUT2D eigenvalue weighted by atomic mass is 10.0. The Balaban J connectivity index is 1.74. The first-order valence-corrected chi connectivity index (χ1v) is 8.17. The number of fused-ring (bicyclic) bond motifs is 1. The lowest BCUT2D eigenvalue weighted by molar-refractivity contribution is -0.119. The van der Waals surface area contributed by atoms with Crippen LogP contribution in [0.25, 0.3) is 0 Å². The van der Waals surface area contributed by atoms with Crippen molar-refractivity contribution in [2.75, 3.05) is 5.32 Å². The summed E-state index contributed by atoms with van der Waals surface area (Å²) >= 11 is 3.58. The predicted molar refractivity (Wildman–Crippen MR) is 89.8 cm³/mol. The van der Waals surface area contributed by atoms with E-state index in [9.17, 15) is 4.79 Å². The van der Waals surface area contributed by atoms with Gasteiger partial charge in [-0.1, -0.05) is 58.4 Å². The number of nitrogens with one attached hydrogen (secondary N) is 1. The Morgan fingerprint density at radius 1 is 1.10 bits per heavy atom. The van der Waals surface area contributed by atoms with Crippen molar-refractivity contribution in [3.63, 3.8) is 0 Å². The second kappa shape index (κ2) is 6.02. The molecule has 1 N–H and O–H groups in total. The lowest BCUT2D eigenvalue weighted by Gasteiger charge is -2.15. The minimum atomic E-state index is 0.0427. The molecule has 0 heterocycles. The third-order valence-corrected chi connectivity index (χ3v) is 4.56. The van der Waals surface area contributed by atoms with Crippen molar-refractivity contribution in [2.24, 2.45) is 5.92 Å². The van der Waals surface area contributed by atoms with Gasteiger partial charge in [-0.3, -0.25) is 4.79 Å². The van der Waals surface area contributed by atoms with E-state index in [-0.39, 0.29) is 16.7 Å². The summed E-state index contributed by atoms with van der Waals surface area (Å²) in [6.07, 6.45) is 1.68. The third kappa shape index (κ3) is 3.03. The highest BCUT2D eigenvalue weighted by molar-refractivity contribution is 9.09. The molecule has 0 spiro atoms. The van der Waals surface area contributed by atoms with Crippen molar-refractivity contribution in [3.05, 3.63) is 65.2 Å². The van der Waals surface area contributed by atoms with E-state index in [1.165, 1.54) is 11.1 Å². The zero-order valence-electron chi connectivity index (χ0n) is 12.0. The highest BCUT2D eigenvalue weighted by Gasteiger charge is 2.27. The van der Waals surface area contributed by atoms with Crippen LogP contribution >= 0.6 is 15.9 Å². The van der Waals surface area contributed by atoms with Gasteiger partial charge in [0.15, 0.2) is 0 Å². The summed E-state index contributed by atoms with van der Waals surface area (Å²) in [5.74, 6) is 0.160. The average Bonchev–Trinajstić information content (AvgIpc) is 2.91. The lowest BCUT2D eigenvalue weighted by Crippen LogP contribution is -2.23. The highest BCUT2D eigenvalue weighted by Crippen LogP contribution is 2.31. The quantitative estimate of drug-likeness (QED) is 0.817. The van der Waals surface area contributed by atoms with E-state index in [0.717, 1.165) is 24.1 Å². The van der Waals surface area contributed by atoms with Crippen LogP contribution in [0.1, 0.15) is 28.4 Å². The van der Waals surface area contributed by atoms with E-state index >= 15 is 0 Å². The minimum absolute atomic E-state index is 0.0427. The maximum Gasteiger partial charge on any atom is 0.228 e. The van der Waals surface area contributed by atoms with Gasteiger partial charge in [-0.05, 0) is 42.5 Å². The van der Waals surface area contributed by atoms with E-state index in [4.69, 9.17) is 0 Å². The minimum Gasteiger partial charge on any atom is -0.326 e. The standard InChI is InChI=1S/C18H18BrNO/c1-12(19)16-8-4-5-9-17(16)20-18(21)15-10-13-6-2-3-7-14(13)11-15/h2-9,12,15H,10-11H2,1H3,(H,20,21). The molecule has 0 saturated heterocycles. The molecule has 2 aromatic rings. The number of hydrogen-bond acceptors (Lipinski definition) is 1. The molecule has 0 radical (unpaired) electrons. The van der Waals surface area contributed by atoms with E-state index in [0.29, 0.717) is 0 Å². The van der Waals surface area contributed by atoms with Gasteiger partial charge in [-0.25, -0.2) is 0 Å². The van der Waals surface area contributed by atoms with Gasteiger partial charge in [0.05, 0.1) is 0 Å². The maximum absolute atomic E-state index is 12.5. The van der Waals surface area contributed by atoms with Gasteiger partial charge in [0, 0.05) is 16.4 Å². The second-order valence-corrected chi connectivity index (χ2v) is 6.94. The van der Waals surface area contributed by atoms with Crippen molar-refractivity contribution < 1.29 is 4.79 Å². The number of alkyl halides is 1. The first-order chi connectivity index (χ1) is 10.1. The number of halogens is 1. The smallest absolute Gasteiger partial charge is 0.228 e. The fraction of sp³-hybridized carbons (Fsp3) is 0.278. The van der Waals surface area contributed by atoms with Gasteiger partial charge >= 0.3 is 0 Å². The fourth-order valence-corrected chi connectivity index (χ4v) is 3.34. The zero-order chi connectivity index (χ0) is 14.8. The van der Waals surface area contributed by atoms with Crippen LogP contribution in [0, 0.1) is 5.92 Å². The van der Waals surface area contributed by atoms with Crippen molar-refractivity contribution in [1.29, 1.82) is 0 Å². The van der Waals surface area contributed by atoms with Crippen LogP contribution in [0.5, 0.6) is 0 Å². The van der Waals surface area contributed by atoms with Crippen LogP contribution in [0.15, 0.2) is 48.5 Å². The topological polar surface area (TPSA) is 29.1 Å². The number of carbonyl (C=O) groups is 1. The molecule has 2 aromatic carbocycles. The van der Waals surface area contributed by atoms with Crippen LogP contribution in [-0.2, 0) is 17.6 Å². The first kappa shape index (κ1) is 14.3. The van der Waals surface area contributed by atoms with Crippen molar-refractivity contribution in [2.45, 2.75) is 24.6 Å². The fourth-order valence-electron chi connectivity index (χ4n) is 2.94. The van der Waals surface area contributed by atoms with Crippen molar-refractivity contribution in [3.8, 4) is 0 Å². The Hall–Kier alpha value is -1.61. The van der Waals surface area contributed by atoms with Gasteiger partial charge in [0.25, 0.3) is 0 Å². The van der Waals surface area contributed by atoms with Gasteiger partial charge < -0.3 is 5.32 Å². The molecule has 1 aliphatic carbocycles. The van der Waals surface area contributed by atoms with Crippen LogP contribution in [-0.4, -0.2) is 5.91 Å². The molecule has 21 heavy (non-hydrogen) atoms. The first-order valence-electron chi connectivity index (χ1n) is 7.26. The molecule has 0 saturated carbocycles. The Morgan fingerprint density at radius 3 is 2.29 bits per heavy atom. The molecule has 1 unspecified atom stereocenters. The maximum atomic E-state index is 12.5. The Labute approximate surface area is 133 Å². The molecule has 0 fully saturated rings. The van der Waals surface area contributed by atoms with Gasteiger partial charge in [0.1, 0.15) is 0 Å². The molecule has 1 aliphatic rings. The molecule has 0 aromatic heterocycles. The molecule has 0 aliphatic heterocycles. The summed E-state index contributed by atoms with van der Waals surface area (Å²) in [5.41, 5.74) is 4.63. The molecule has 1 atom stereocenters. The third-order valence-electron chi connectivity index (χ3n) is 4.07. The Kier molecular flexibility index (Phi) is 4.11. The number of hydrogen-bond donors (Lipinski definition) is 1. The number of amides is 1. The molecule has 3 heteroatoms. The van der Waals surface area contributed by atoms with Crippen LogP contribution in [0.3, 0.4) is 0 Å².